The Labute approximate surface area is 75.3 Å². The SMILES string of the molecule is CCCC1(CCC)NCCN1N. The van der Waals surface area contributed by atoms with Crippen LogP contribution >= 0.6 is 0 Å². The molecule has 0 saturated carbocycles. The van der Waals surface area contributed by atoms with Crippen LogP contribution in [0.2, 0.25) is 0 Å². The number of hydrogen-bond acceptors (Lipinski definition) is 3. The molecule has 0 bridgehead atoms. The Morgan fingerprint density at radius 2 is 1.92 bits per heavy atom. The molecule has 72 valence electrons. The maximum atomic E-state index is 5.96. The molecule has 0 radical (unpaired) electrons. The predicted octanol–water partition coefficient (Wildman–Crippen LogP) is 1.06. The third-order valence-corrected chi connectivity index (χ3v) is 2.68. The zero-order valence-corrected chi connectivity index (χ0v) is 8.27. The first-order valence-corrected chi connectivity index (χ1v) is 5.02. The third kappa shape index (κ3) is 1.79. The molecule has 0 aromatic heterocycles. The van der Waals surface area contributed by atoms with Crippen molar-refractivity contribution >= 4 is 0 Å². The van der Waals surface area contributed by atoms with E-state index >= 15 is 0 Å². The Morgan fingerprint density at radius 3 is 2.25 bits per heavy atom. The monoisotopic (exact) mass is 171 g/mol. The van der Waals surface area contributed by atoms with E-state index in [9.17, 15) is 0 Å². The summed E-state index contributed by atoms with van der Waals surface area (Å²) in [6.07, 6.45) is 4.72. The molecule has 0 aliphatic carbocycles. The topological polar surface area (TPSA) is 41.3 Å². The largest absolute Gasteiger partial charge is 0.297 e. The van der Waals surface area contributed by atoms with Gasteiger partial charge in [-0.05, 0) is 12.8 Å². The van der Waals surface area contributed by atoms with Crippen LogP contribution in [0.25, 0.3) is 0 Å². The van der Waals surface area contributed by atoms with Crippen LogP contribution in [0.1, 0.15) is 39.5 Å². The fraction of sp³-hybridized carbons (Fsp3) is 1.00. The number of nitrogens with two attached hydrogens (primary N) is 1. The van der Waals surface area contributed by atoms with Crippen LogP contribution in [0, 0.1) is 0 Å². The molecule has 1 aliphatic rings. The highest BCUT2D eigenvalue weighted by Gasteiger charge is 2.36. The second-order valence-electron chi connectivity index (χ2n) is 3.65. The van der Waals surface area contributed by atoms with Crippen molar-refractivity contribution in [3.05, 3.63) is 0 Å². The highest BCUT2D eigenvalue weighted by molar-refractivity contribution is 4.90. The molecule has 3 heteroatoms. The van der Waals surface area contributed by atoms with Crippen molar-refractivity contribution in [3.8, 4) is 0 Å². The van der Waals surface area contributed by atoms with Crippen molar-refractivity contribution in [2.45, 2.75) is 45.2 Å². The lowest BCUT2D eigenvalue weighted by atomic mass is 9.99. The van der Waals surface area contributed by atoms with Crippen molar-refractivity contribution < 1.29 is 0 Å². The Bertz CT molecular complexity index is 130. The fourth-order valence-corrected chi connectivity index (χ4v) is 2.14. The zero-order valence-electron chi connectivity index (χ0n) is 8.27. The second kappa shape index (κ2) is 4.21. The molecule has 12 heavy (non-hydrogen) atoms. The second-order valence-corrected chi connectivity index (χ2v) is 3.65. The van der Waals surface area contributed by atoms with Gasteiger partial charge in [0.25, 0.3) is 0 Å². The molecule has 0 unspecified atom stereocenters. The summed E-state index contributed by atoms with van der Waals surface area (Å²) >= 11 is 0. The van der Waals surface area contributed by atoms with Gasteiger partial charge in [-0.25, -0.2) is 5.01 Å². The maximum Gasteiger partial charge on any atom is 0.0843 e. The number of rotatable bonds is 4. The molecule has 1 fully saturated rings. The summed E-state index contributed by atoms with van der Waals surface area (Å²) in [5.74, 6) is 5.96. The molecule has 1 rings (SSSR count). The van der Waals surface area contributed by atoms with Crippen LogP contribution in [0.5, 0.6) is 0 Å². The van der Waals surface area contributed by atoms with Gasteiger partial charge in [0.15, 0.2) is 0 Å². The first-order valence-electron chi connectivity index (χ1n) is 5.02. The van der Waals surface area contributed by atoms with Gasteiger partial charge < -0.3 is 0 Å². The average Bonchev–Trinajstić information content (AvgIpc) is 2.35. The lowest BCUT2D eigenvalue weighted by Crippen LogP contribution is -2.54. The van der Waals surface area contributed by atoms with E-state index in [1.807, 2.05) is 5.01 Å². The van der Waals surface area contributed by atoms with Crippen LogP contribution in [-0.4, -0.2) is 23.8 Å². The van der Waals surface area contributed by atoms with Gasteiger partial charge in [0.05, 0.1) is 5.66 Å². The Kier molecular flexibility index (Phi) is 3.50. The molecule has 1 aliphatic heterocycles. The third-order valence-electron chi connectivity index (χ3n) is 2.68. The van der Waals surface area contributed by atoms with E-state index in [-0.39, 0.29) is 5.66 Å². The van der Waals surface area contributed by atoms with E-state index in [4.69, 9.17) is 5.84 Å². The van der Waals surface area contributed by atoms with Gasteiger partial charge in [-0.3, -0.25) is 11.2 Å². The molecule has 0 aromatic carbocycles. The van der Waals surface area contributed by atoms with E-state index < -0.39 is 0 Å². The normalized spacial score (nSPS) is 23.2. The maximum absolute atomic E-state index is 5.96. The molecule has 1 saturated heterocycles. The Hall–Kier alpha value is -0.120. The summed E-state index contributed by atoms with van der Waals surface area (Å²) in [6.45, 7) is 6.45. The smallest absolute Gasteiger partial charge is 0.0843 e. The minimum Gasteiger partial charge on any atom is -0.297 e. The van der Waals surface area contributed by atoms with Crippen LogP contribution < -0.4 is 11.2 Å². The molecule has 0 aromatic rings. The van der Waals surface area contributed by atoms with E-state index in [1.165, 1.54) is 12.8 Å². The molecule has 0 atom stereocenters. The van der Waals surface area contributed by atoms with E-state index in [0.717, 1.165) is 25.9 Å². The van der Waals surface area contributed by atoms with Crippen LogP contribution in [0.3, 0.4) is 0 Å². The number of nitrogens with zero attached hydrogens (tertiary/aromatic N) is 1. The van der Waals surface area contributed by atoms with Crippen LogP contribution in [0.4, 0.5) is 0 Å². The molecule has 3 N–H and O–H groups in total. The van der Waals surface area contributed by atoms with Crippen molar-refractivity contribution in [1.29, 1.82) is 0 Å². The van der Waals surface area contributed by atoms with Gasteiger partial charge in [-0.15, -0.1) is 0 Å². The lowest BCUT2D eigenvalue weighted by Gasteiger charge is -2.35. The minimum absolute atomic E-state index is 0.115. The summed E-state index contributed by atoms with van der Waals surface area (Å²) in [5, 5.41) is 5.51. The van der Waals surface area contributed by atoms with Gasteiger partial charge >= 0.3 is 0 Å². The van der Waals surface area contributed by atoms with Gasteiger partial charge in [-0.1, -0.05) is 26.7 Å². The lowest BCUT2D eigenvalue weighted by molar-refractivity contribution is 0.0961. The summed E-state index contributed by atoms with van der Waals surface area (Å²) in [7, 11) is 0. The number of hydrazine groups is 1. The van der Waals surface area contributed by atoms with Gasteiger partial charge in [0, 0.05) is 13.1 Å². The summed E-state index contributed by atoms with van der Waals surface area (Å²) < 4.78 is 0. The average molecular weight is 171 g/mol. The summed E-state index contributed by atoms with van der Waals surface area (Å²) in [5.41, 5.74) is 0.115. The quantitative estimate of drug-likeness (QED) is 0.621. The molecular weight excluding hydrogens is 150 g/mol. The van der Waals surface area contributed by atoms with Crippen molar-refractivity contribution in [3.63, 3.8) is 0 Å². The standard InChI is InChI=1S/C9H21N3/c1-3-5-9(6-4-2)11-7-8-12(9)10/h11H,3-8,10H2,1-2H3. The van der Waals surface area contributed by atoms with Crippen molar-refractivity contribution in [2.75, 3.05) is 13.1 Å². The highest BCUT2D eigenvalue weighted by Crippen LogP contribution is 2.24. The van der Waals surface area contributed by atoms with Gasteiger partial charge in [0.2, 0.25) is 0 Å². The Morgan fingerprint density at radius 1 is 1.33 bits per heavy atom. The minimum atomic E-state index is 0.115. The first kappa shape index (κ1) is 9.96. The summed E-state index contributed by atoms with van der Waals surface area (Å²) in [4.78, 5) is 0. The molecular formula is C9H21N3. The molecule has 0 amide bonds. The van der Waals surface area contributed by atoms with Crippen molar-refractivity contribution in [2.24, 2.45) is 5.84 Å². The summed E-state index contributed by atoms with van der Waals surface area (Å²) in [6, 6.07) is 0. The van der Waals surface area contributed by atoms with Crippen LogP contribution in [0.15, 0.2) is 0 Å². The van der Waals surface area contributed by atoms with Crippen molar-refractivity contribution in [1.82, 2.24) is 10.3 Å². The number of nitrogens with one attached hydrogen (secondary N) is 1. The predicted molar refractivity (Wildman–Crippen MR) is 51.4 cm³/mol. The Balaban J connectivity index is 2.57. The zero-order chi connectivity index (χ0) is 9.03. The van der Waals surface area contributed by atoms with Gasteiger partial charge in [0.1, 0.15) is 0 Å². The van der Waals surface area contributed by atoms with E-state index in [1.54, 1.807) is 0 Å². The highest BCUT2D eigenvalue weighted by atomic mass is 15.5. The molecule has 1 heterocycles. The van der Waals surface area contributed by atoms with E-state index in [0.29, 0.717) is 0 Å². The first-order chi connectivity index (χ1) is 5.75. The molecule has 0 spiro atoms. The van der Waals surface area contributed by atoms with E-state index in [2.05, 4.69) is 19.2 Å². The van der Waals surface area contributed by atoms with Crippen LogP contribution in [-0.2, 0) is 0 Å². The fourth-order valence-electron chi connectivity index (χ4n) is 2.14. The van der Waals surface area contributed by atoms with Gasteiger partial charge in [-0.2, -0.15) is 0 Å². The number of hydrogen-bond donors (Lipinski definition) is 2. The molecule has 3 nitrogen and oxygen atoms in total.